The van der Waals surface area contributed by atoms with Crippen LogP contribution in [-0.2, 0) is 18.3 Å². The van der Waals surface area contributed by atoms with Crippen molar-refractivity contribution in [2.75, 3.05) is 5.32 Å². The van der Waals surface area contributed by atoms with Gasteiger partial charge in [-0.3, -0.25) is 9.48 Å². The van der Waals surface area contributed by atoms with Crippen molar-refractivity contribution < 1.29 is 14.7 Å². The van der Waals surface area contributed by atoms with Gasteiger partial charge in [0.15, 0.2) is 5.69 Å². The molecule has 0 atom stereocenters. The predicted octanol–water partition coefficient (Wildman–Crippen LogP) is 1.90. The number of benzene rings is 1. The van der Waals surface area contributed by atoms with Crippen molar-refractivity contribution in [2.24, 2.45) is 7.05 Å². The molecule has 1 aliphatic rings. The van der Waals surface area contributed by atoms with Crippen LogP contribution in [0.3, 0.4) is 0 Å². The number of carboxylic acids is 1. The minimum atomic E-state index is -1.07. The lowest BCUT2D eigenvalue weighted by atomic mass is 9.95. The number of aromatic nitrogens is 2. The zero-order valence-corrected chi connectivity index (χ0v) is 12.0. The smallest absolute Gasteiger partial charge is 0.356 e. The Balaban J connectivity index is 2.28. The molecule has 6 heteroatoms. The summed E-state index contributed by atoms with van der Waals surface area (Å²) in [6.07, 6.45) is 0.354. The number of amides is 1. The molecule has 6 nitrogen and oxygen atoms in total. The Bertz CT molecular complexity index is 790. The van der Waals surface area contributed by atoms with E-state index in [1.54, 1.807) is 7.05 Å². The quantitative estimate of drug-likeness (QED) is 0.882. The highest BCUT2D eigenvalue weighted by atomic mass is 16.4. The highest BCUT2D eigenvalue weighted by Gasteiger charge is 2.26. The van der Waals surface area contributed by atoms with E-state index in [1.807, 2.05) is 19.9 Å². The molecule has 2 N–H and O–H groups in total. The first-order valence-electron chi connectivity index (χ1n) is 6.59. The van der Waals surface area contributed by atoms with Gasteiger partial charge in [-0.25, -0.2) is 4.79 Å². The summed E-state index contributed by atoms with van der Waals surface area (Å²) >= 11 is 0. The topological polar surface area (TPSA) is 84.2 Å². The van der Waals surface area contributed by atoms with Gasteiger partial charge in [-0.15, -0.1) is 0 Å². The number of rotatable bonds is 2. The average molecular weight is 285 g/mol. The zero-order valence-electron chi connectivity index (χ0n) is 12.0. The molecule has 0 saturated heterocycles. The van der Waals surface area contributed by atoms with Crippen molar-refractivity contribution in [3.8, 4) is 11.3 Å². The summed E-state index contributed by atoms with van der Waals surface area (Å²) in [5.41, 5.74) is 5.31. The molecule has 3 rings (SSSR count). The molecule has 1 aromatic heterocycles. The molecule has 0 unspecified atom stereocenters. The molecule has 1 aliphatic heterocycles. The predicted molar refractivity (Wildman–Crippen MR) is 77.4 cm³/mol. The number of hydrogen-bond donors (Lipinski definition) is 2. The standard InChI is InChI=1S/C15H15N3O3/c1-7-4-9-5-12(19)16-14(9)13(8(7)2)11-6-10(15(20)21)17-18(11)3/h4,6H,5H2,1-3H3,(H,16,19)(H,20,21). The molecule has 0 bridgehead atoms. The molecule has 2 heterocycles. The van der Waals surface area contributed by atoms with E-state index in [-0.39, 0.29) is 11.6 Å². The number of hydrogen-bond acceptors (Lipinski definition) is 3. The van der Waals surface area contributed by atoms with Gasteiger partial charge >= 0.3 is 5.97 Å². The van der Waals surface area contributed by atoms with Crippen molar-refractivity contribution in [2.45, 2.75) is 20.3 Å². The van der Waals surface area contributed by atoms with Crippen LogP contribution in [0.25, 0.3) is 11.3 Å². The number of fused-ring (bicyclic) bond motifs is 1. The minimum Gasteiger partial charge on any atom is -0.476 e. The molecular weight excluding hydrogens is 270 g/mol. The Hall–Kier alpha value is -2.63. The van der Waals surface area contributed by atoms with Crippen LogP contribution in [-0.4, -0.2) is 26.8 Å². The van der Waals surface area contributed by atoms with Crippen LogP contribution in [0, 0.1) is 13.8 Å². The molecule has 2 aromatic rings. The van der Waals surface area contributed by atoms with Crippen molar-refractivity contribution in [1.29, 1.82) is 0 Å². The van der Waals surface area contributed by atoms with Crippen molar-refractivity contribution >= 4 is 17.6 Å². The second-order valence-electron chi connectivity index (χ2n) is 5.30. The number of anilines is 1. The Morgan fingerprint density at radius 2 is 2.10 bits per heavy atom. The summed E-state index contributed by atoms with van der Waals surface area (Å²) in [6, 6.07) is 3.54. The molecule has 21 heavy (non-hydrogen) atoms. The number of carbonyl (C=O) groups excluding carboxylic acids is 1. The van der Waals surface area contributed by atoms with Crippen LogP contribution in [0.5, 0.6) is 0 Å². The maximum absolute atomic E-state index is 11.7. The molecule has 1 aromatic carbocycles. The molecule has 0 fully saturated rings. The van der Waals surface area contributed by atoms with Gasteiger partial charge in [-0.05, 0) is 36.6 Å². The fourth-order valence-corrected chi connectivity index (χ4v) is 2.75. The Morgan fingerprint density at radius 3 is 2.71 bits per heavy atom. The van der Waals surface area contributed by atoms with Gasteiger partial charge in [0.1, 0.15) is 0 Å². The zero-order chi connectivity index (χ0) is 15.3. The molecule has 0 spiro atoms. The Labute approximate surface area is 121 Å². The van der Waals surface area contributed by atoms with Crippen molar-refractivity contribution in [1.82, 2.24) is 9.78 Å². The Morgan fingerprint density at radius 1 is 1.38 bits per heavy atom. The van der Waals surface area contributed by atoms with Gasteiger partial charge in [-0.2, -0.15) is 5.10 Å². The summed E-state index contributed by atoms with van der Waals surface area (Å²) in [5.74, 6) is -1.11. The van der Waals surface area contributed by atoms with Crippen LogP contribution in [0.4, 0.5) is 5.69 Å². The number of nitrogens with one attached hydrogen (secondary N) is 1. The number of aromatic carboxylic acids is 1. The minimum absolute atomic E-state index is 0.00789. The van der Waals surface area contributed by atoms with Crippen LogP contribution < -0.4 is 5.32 Å². The van der Waals surface area contributed by atoms with Gasteiger partial charge in [0.05, 0.1) is 17.8 Å². The summed E-state index contributed by atoms with van der Waals surface area (Å²) in [4.78, 5) is 22.8. The second-order valence-corrected chi connectivity index (χ2v) is 5.30. The summed E-state index contributed by atoms with van der Waals surface area (Å²) in [6.45, 7) is 3.94. The number of aryl methyl sites for hydroxylation is 2. The third-order valence-corrected chi connectivity index (χ3v) is 3.90. The number of carboxylic acid groups (broad SMARTS) is 1. The molecule has 0 aliphatic carbocycles. The van der Waals surface area contributed by atoms with Gasteiger partial charge in [0.2, 0.25) is 5.91 Å². The van der Waals surface area contributed by atoms with Crippen LogP contribution in [0.2, 0.25) is 0 Å². The fourth-order valence-electron chi connectivity index (χ4n) is 2.75. The van der Waals surface area contributed by atoms with E-state index in [1.165, 1.54) is 10.7 Å². The van der Waals surface area contributed by atoms with Crippen molar-refractivity contribution in [3.05, 3.63) is 34.5 Å². The summed E-state index contributed by atoms with van der Waals surface area (Å²) in [5, 5.41) is 16.0. The maximum Gasteiger partial charge on any atom is 0.356 e. The third-order valence-electron chi connectivity index (χ3n) is 3.90. The molecule has 0 radical (unpaired) electrons. The molecule has 1 amide bonds. The molecule has 0 saturated carbocycles. The molecule has 108 valence electrons. The largest absolute Gasteiger partial charge is 0.476 e. The fraction of sp³-hybridized carbons (Fsp3) is 0.267. The highest BCUT2D eigenvalue weighted by molar-refractivity contribution is 6.04. The van der Waals surface area contributed by atoms with Gasteiger partial charge in [-0.1, -0.05) is 6.07 Å². The average Bonchev–Trinajstić information content (AvgIpc) is 2.94. The lowest BCUT2D eigenvalue weighted by Gasteiger charge is -2.14. The van der Waals surface area contributed by atoms with Gasteiger partial charge in [0.25, 0.3) is 0 Å². The van der Waals surface area contributed by atoms with Crippen LogP contribution in [0.1, 0.15) is 27.2 Å². The third kappa shape index (κ3) is 1.99. The van der Waals surface area contributed by atoms with Crippen LogP contribution >= 0.6 is 0 Å². The van der Waals surface area contributed by atoms with E-state index >= 15 is 0 Å². The maximum atomic E-state index is 11.7. The highest BCUT2D eigenvalue weighted by Crippen LogP contribution is 2.39. The molecular formula is C15H15N3O3. The van der Waals surface area contributed by atoms with E-state index < -0.39 is 5.97 Å². The van der Waals surface area contributed by atoms with Gasteiger partial charge < -0.3 is 10.4 Å². The second kappa shape index (κ2) is 4.44. The van der Waals surface area contributed by atoms with Crippen LogP contribution in [0.15, 0.2) is 12.1 Å². The number of carbonyl (C=O) groups is 2. The first kappa shape index (κ1) is 13.4. The van der Waals surface area contributed by atoms with E-state index in [0.29, 0.717) is 12.1 Å². The summed E-state index contributed by atoms with van der Waals surface area (Å²) in [7, 11) is 1.70. The van der Waals surface area contributed by atoms with E-state index in [2.05, 4.69) is 10.4 Å². The SMILES string of the molecule is Cc1cc2c(c(-c3cc(C(=O)O)nn3C)c1C)NC(=O)C2. The van der Waals surface area contributed by atoms with Gasteiger partial charge in [0, 0.05) is 12.6 Å². The number of nitrogens with zero attached hydrogens (tertiary/aromatic N) is 2. The van der Waals surface area contributed by atoms with E-state index in [9.17, 15) is 9.59 Å². The lowest BCUT2D eigenvalue weighted by molar-refractivity contribution is -0.115. The van der Waals surface area contributed by atoms with E-state index in [4.69, 9.17) is 5.11 Å². The van der Waals surface area contributed by atoms with Crippen molar-refractivity contribution in [3.63, 3.8) is 0 Å². The lowest BCUT2D eigenvalue weighted by Crippen LogP contribution is -2.05. The first-order chi connectivity index (χ1) is 9.88. The van der Waals surface area contributed by atoms with E-state index in [0.717, 1.165) is 27.9 Å². The summed E-state index contributed by atoms with van der Waals surface area (Å²) < 4.78 is 1.54. The normalized spacial score (nSPS) is 13.2. The first-order valence-corrected chi connectivity index (χ1v) is 6.59. The Kier molecular flexibility index (Phi) is 2.83. The monoisotopic (exact) mass is 285 g/mol.